The van der Waals surface area contributed by atoms with Crippen LogP contribution in [-0.2, 0) is 0 Å². The summed E-state index contributed by atoms with van der Waals surface area (Å²) in [4.78, 5) is 0. The molecule has 1 rings (SSSR count). The highest BCUT2D eigenvalue weighted by Crippen LogP contribution is 1.95. The van der Waals surface area contributed by atoms with Crippen molar-refractivity contribution >= 4 is 6.08 Å². The van der Waals surface area contributed by atoms with Crippen LogP contribution in [0.2, 0.25) is 0 Å². The molecule has 0 aromatic carbocycles. The fourth-order valence-electron chi connectivity index (χ4n) is 0.664. The second-order valence-electron chi connectivity index (χ2n) is 2.10. The first kappa shape index (κ1) is 6.99. The molecule has 0 spiro atoms. The molecule has 3 nitrogen and oxygen atoms in total. The minimum atomic E-state index is 0.966. The monoisotopic (exact) mass is 137 g/mol. The Morgan fingerprint density at radius 1 is 1.70 bits per heavy atom. The maximum absolute atomic E-state index is 3.64. The molecular weight excluding hydrogens is 126 g/mol. The molecule has 0 fully saturated rings. The maximum atomic E-state index is 3.64. The summed E-state index contributed by atoms with van der Waals surface area (Å²) in [6.45, 7) is 2.15. The van der Waals surface area contributed by atoms with Gasteiger partial charge >= 0.3 is 0 Å². The molecule has 1 N–H and O–H groups in total. The van der Waals surface area contributed by atoms with Gasteiger partial charge in [0.05, 0.1) is 11.9 Å². The smallest absolute Gasteiger partial charge is 0.0778 e. The van der Waals surface area contributed by atoms with Crippen molar-refractivity contribution in [3.05, 3.63) is 18.0 Å². The second kappa shape index (κ2) is 3.82. The lowest BCUT2D eigenvalue weighted by Crippen LogP contribution is -1.70. The van der Waals surface area contributed by atoms with Gasteiger partial charge in [-0.2, -0.15) is 0 Å². The molecule has 54 valence electrons. The van der Waals surface area contributed by atoms with E-state index in [0.29, 0.717) is 0 Å². The first-order chi connectivity index (χ1) is 4.93. The Bertz CT molecular complexity index is 189. The van der Waals surface area contributed by atoms with Crippen LogP contribution in [0.15, 0.2) is 12.3 Å². The third-order valence-corrected chi connectivity index (χ3v) is 1.19. The number of H-pyrrole nitrogens is 1. The molecule has 0 aliphatic rings. The Hall–Kier alpha value is -1.12. The van der Waals surface area contributed by atoms with Gasteiger partial charge in [0.2, 0.25) is 0 Å². The predicted octanol–water partition coefficient (Wildman–Crippen LogP) is 1.62. The first-order valence-corrected chi connectivity index (χ1v) is 3.46. The molecule has 0 saturated heterocycles. The fourth-order valence-corrected chi connectivity index (χ4v) is 0.664. The van der Waals surface area contributed by atoms with E-state index in [1.807, 2.05) is 6.08 Å². The van der Waals surface area contributed by atoms with Gasteiger partial charge in [-0.15, -0.1) is 5.10 Å². The number of hydrogen-bond acceptors (Lipinski definition) is 2. The molecule has 3 heteroatoms. The number of aromatic amines is 1. The maximum Gasteiger partial charge on any atom is 0.0778 e. The number of aromatic nitrogens is 3. The highest BCUT2D eigenvalue weighted by atomic mass is 15.3. The lowest BCUT2D eigenvalue weighted by molar-refractivity contribution is 0.935. The molecule has 1 aromatic rings. The van der Waals surface area contributed by atoms with Gasteiger partial charge in [0.1, 0.15) is 0 Å². The van der Waals surface area contributed by atoms with Gasteiger partial charge in [-0.1, -0.05) is 24.6 Å². The SMILES string of the molecule is CCC/C=C/c1cnn[nH]1. The number of unbranched alkanes of at least 4 members (excludes halogenated alkanes) is 1. The van der Waals surface area contributed by atoms with E-state index >= 15 is 0 Å². The van der Waals surface area contributed by atoms with E-state index in [2.05, 4.69) is 28.4 Å². The normalized spacial score (nSPS) is 10.9. The molecule has 10 heavy (non-hydrogen) atoms. The van der Waals surface area contributed by atoms with Gasteiger partial charge in [0.25, 0.3) is 0 Å². The Labute approximate surface area is 60.2 Å². The number of hydrogen-bond donors (Lipinski definition) is 1. The zero-order valence-electron chi connectivity index (χ0n) is 6.04. The predicted molar refractivity (Wildman–Crippen MR) is 40.3 cm³/mol. The Kier molecular flexibility index (Phi) is 2.67. The quantitative estimate of drug-likeness (QED) is 0.687. The van der Waals surface area contributed by atoms with Crippen molar-refractivity contribution in [2.75, 3.05) is 0 Å². The van der Waals surface area contributed by atoms with E-state index < -0.39 is 0 Å². The molecule has 0 amide bonds. The van der Waals surface area contributed by atoms with Gasteiger partial charge in [0.15, 0.2) is 0 Å². The molecule has 1 aromatic heterocycles. The summed E-state index contributed by atoms with van der Waals surface area (Å²) in [6, 6.07) is 0. The van der Waals surface area contributed by atoms with Crippen molar-refractivity contribution in [3.63, 3.8) is 0 Å². The molecule has 0 atom stereocenters. The molecular formula is C7H11N3. The Morgan fingerprint density at radius 3 is 3.20 bits per heavy atom. The lowest BCUT2D eigenvalue weighted by atomic mass is 10.3. The minimum absolute atomic E-state index is 0.966. The zero-order chi connectivity index (χ0) is 7.23. The van der Waals surface area contributed by atoms with Gasteiger partial charge in [-0.05, 0) is 12.5 Å². The van der Waals surface area contributed by atoms with Crippen LogP contribution in [0.3, 0.4) is 0 Å². The summed E-state index contributed by atoms with van der Waals surface area (Å²) in [5.41, 5.74) is 0.966. The topological polar surface area (TPSA) is 41.6 Å². The molecule has 0 unspecified atom stereocenters. The van der Waals surface area contributed by atoms with Crippen LogP contribution >= 0.6 is 0 Å². The van der Waals surface area contributed by atoms with E-state index in [-0.39, 0.29) is 0 Å². The van der Waals surface area contributed by atoms with Crippen molar-refractivity contribution in [2.45, 2.75) is 19.8 Å². The van der Waals surface area contributed by atoms with Crippen molar-refractivity contribution in [3.8, 4) is 0 Å². The summed E-state index contributed by atoms with van der Waals surface area (Å²) in [5.74, 6) is 0. The van der Waals surface area contributed by atoms with Crippen LogP contribution in [0.1, 0.15) is 25.5 Å². The summed E-state index contributed by atoms with van der Waals surface area (Å²) >= 11 is 0. The van der Waals surface area contributed by atoms with Crippen molar-refractivity contribution in [2.24, 2.45) is 0 Å². The third-order valence-electron chi connectivity index (χ3n) is 1.19. The molecule has 0 aliphatic heterocycles. The lowest BCUT2D eigenvalue weighted by Gasteiger charge is -1.82. The molecule has 0 bridgehead atoms. The first-order valence-electron chi connectivity index (χ1n) is 3.46. The van der Waals surface area contributed by atoms with E-state index in [4.69, 9.17) is 0 Å². The van der Waals surface area contributed by atoms with E-state index in [1.165, 1.54) is 6.42 Å². The van der Waals surface area contributed by atoms with E-state index in [0.717, 1.165) is 12.1 Å². The van der Waals surface area contributed by atoms with Crippen LogP contribution in [0, 0.1) is 0 Å². The van der Waals surface area contributed by atoms with Crippen LogP contribution in [0.5, 0.6) is 0 Å². The minimum Gasteiger partial charge on any atom is -0.258 e. The van der Waals surface area contributed by atoms with Gasteiger partial charge in [-0.3, -0.25) is 5.10 Å². The molecule has 0 aliphatic carbocycles. The van der Waals surface area contributed by atoms with Crippen molar-refractivity contribution < 1.29 is 0 Å². The fraction of sp³-hybridized carbons (Fsp3) is 0.429. The average Bonchev–Trinajstić information content (AvgIpc) is 2.41. The van der Waals surface area contributed by atoms with Crippen LogP contribution in [0.4, 0.5) is 0 Å². The molecule has 1 heterocycles. The Morgan fingerprint density at radius 2 is 2.60 bits per heavy atom. The standard InChI is InChI=1S/C7H11N3/c1-2-3-4-5-7-6-8-10-9-7/h4-6H,2-3H2,1H3,(H,8,9,10)/b5-4+. The van der Waals surface area contributed by atoms with Crippen molar-refractivity contribution in [1.29, 1.82) is 0 Å². The number of nitrogens with zero attached hydrogens (tertiary/aromatic N) is 2. The van der Waals surface area contributed by atoms with Crippen molar-refractivity contribution in [1.82, 2.24) is 15.4 Å². The number of nitrogens with one attached hydrogen (secondary N) is 1. The number of rotatable bonds is 3. The highest BCUT2D eigenvalue weighted by molar-refractivity contribution is 5.41. The molecule has 0 radical (unpaired) electrons. The summed E-state index contributed by atoms with van der Waals surface area (Å²) in [5, 5.41) is 9.97. The van der Waals surface area contributed by atoms with Crippen LogP contribution in [-0.4, -0.2) is 15.4 Å². The van der Waals surface area contributed by atoms with Gasteiger partial charge in [0, 0.05) is 0 Å². The molecule has 0 saturated carbocycles. The van der Waals surface area contributed by atoms with Crippen LogP contribution < -0.4 is 0 Å². The zero-order valence-corrected chi connectivity index (χ0v) is 6.04. The van der Waals surface area contributed by atoms with Gasteiger partial charge in [-0.25, -0.2) is 0 Å². The average molecular weight is 137 g/mol. The number of allylic oxidation sites excluding steroid dienone is 1. The largest absolute Gasteiger partial charge is 0.258 e. The van der Waals surface area contributed by atoms with E-state index in [1.54, 1.807) is 6.20 Å². The third kappa shape index (κ3) is 2.01. The Balaban J connectivity index is 2.40. The van der Waals surface area contributed by atoms with Crippen LogP contribution in [0.25, 0.3) is 6.08 Å². The summed E-state index contributed by atoms with van der Waals surface area (Å²) < 4.78 is 0. The van der Waals surface area contributed by atoms with Gasteiger partial charge < -0.3 is 0 Å². The highest BCUT2D eigenvalue weighted by Gasteiger charge is 1.83. The van der Waals surface area contributed by atoms with E-state index in [9.17, 15) is 0 Å². The summed E-state index contributed by atoms with van der Waals surface area (Å²) in [7, 11) is 0. The summed E-state index contributed by atoms with van der Waals surface area (Å²) in [6.07, 6.45) is 8.09. The second-order valence-corrected chi connectivity index (χ2v) is 2.10.